The monoisotopic (exact) mass is 396 g/mol. The molecule has 2 rings (SSSR count). The molecule has 1 aliphatic rings. The predicted molar refractivity (Wildman–Crippen MR) is 110 cm³/mol. The van der Waals surface area contributed by atoms with Gasteiger partial charge < -0.3 is 15.1 Å². The number of likely N-dealkylation sites (N-methyl/N-ethyl adjacent to an activating group) is 1. The molecule has 1 aromatic carbocycles. The van der Waals surface area contributed by atoms with Gasteiger partial charge in [-0.2, -0.15) is 0 Å². The number of rotatable bonds is 9. The van der Waals surface area contributed by atoms with Crippen molar-refractivity contribution in [2.45, 2.75) is 19.8 Å². The van der Waals surface area contributed by atoms with Crippen molar-refractivity contribution in [3.63, 3.8) is 0 Å². The number of carbonyl (C=O) groups excluding carboxylic acids is 1. The molecule has 1 amide bonds. The molecule has 0 aromatic heterocycles. The van der Waals surface area contributed by atoms with Gasteiger partial charge in [0.25, 0.3) is 0 Å². The van der Waals surface area contributed by atoms with Gasteiger partial charge in [-0.05, 0) is 45.0 Å². The lowest BCUT2D eigenvalue weighted by atomic mass is 10.2. The number of nitrogens with one attached hydrogen (secondary N) is 1. The highest BCUT2D eigenvalue weighted by molar-refractivity contribution is 7.92. The highest BCUT2D eigenvalue weighted by atomic mass is 32.2. The molecule has 0 spiro atoms. The third kappa shape index (κ3) is 7.12. The fraction of sp³-hybridized carbons (Fsp3) is 0.632. The van der Waals surface area contributed by atoms with Crippen LogP contribution in [0.15, 0.2) is 24.3 Å². The molecule has 0 saturated carbocycles. The summed E-state index contributed by atoms with van der Waals surface area (Å²) in [5.74, 6) is -0.275. The van der Waals surface area contributed by atoms with Crippen molar-refractivity contribution in [2.75, 3.05) is 63.4 Å². The summed E-state index contributed by atoms with van der Waals surface area (Å²) in [5.41, 5.74) is 1.37. The minimum absolute atomic E-state index is 0.192. The van der Waals surface area contributed by atoms with Gasteiger partial charge in [0.2, 0.25) is 15.9 Å². The molecule has 0 radical (unpaired) electrons. The van der Waals surface area contributed by atoms with Crippen molar-refractivity contribution in [3.05, 3.63) is 29.8 Å². The lowest BCUT2D eigenvalue weighted by Crippen LogP contribution is -2.44. The Hall–Kier alpha value is -1.64. The maximum absolute atomic E-state index is 12.3. The molecule has 8 heteroatoms. The first-order valence-electron chi connectivity index (χ1n) is 9.48. The van der Waals surface area contributed by atoms with Crippen molar-refractivity contribution in [1.29, 1.82) is 0 Å². The van der Waals surface area contributed by atoms with Gasteiger partial charge in [0.15, 0.2) is 0 Å². The van der Waals surface area contributed by atoms with E-state index in [9.17, 15) is 13.2 Å². The highest BCUT2D eigenvalue weighted by Crippen LogP contribution is 2.21. The van der Waals surface area contributed by atoms with Crippen molar-refractivity contribution >= 4 is 21.6 Å². The minimum Gasteiger partial charge on any atom is -0.355 e. The lowest BCUT2D eigenvalue weighted by Gasteiger charge is -2.32. The number of sulfonamides is 1. The Morgan fingerprint density at radius 1 is 1.15 bits per heavy atom. The number of carbonyl (C=O) groups is 1. The first-order chi connectivity index (χ1) is 12.8. The molecule has 1 aliphatic heterocycles. The van der Waals surface area contributed by atoms with Crippen LogP contribution in [0, 0.1) is 6.92 Å². The van der Waals surface area contributed by atoms with Gasteiger partial charge in [0.1, 0.15) is 6.54 Å². The summed E-state index contributed by atoms with van der Waals surface area (Å²) in [4.78, 5) is 17.0. The fourth-order valence-corrected chi connectivity index (χ4v) is 4.08. The van der Waals surface area contributed by atoms with Crippen LogP contribution in [0.3, 0.4) is 0 Å². The second-order valence-corrected chi connectivity index (χ2v) is 9.16. The Bertz CT molecular complexity index is 715. The lowest BCUT2D eigenvalue weighted by molar-refractivity contribution is -0.119. The van der Waals surface area contributed by atoms with E-state index in [0.29, 0.717) is 12.2 Å². The summed E-state index contributed by atoms with van der Waals surface area (Å²) >= 11 is 0. The Labute approximate surface area is 163 Å². The number of hydrogen-bond acceptors (Lipinski definition) is 5. The Kier molecular flexibility index (Phi) is 8.07. The average Bonchev–Trinajstić information content (AvgIpc) is 2.61. The molecule has 0 atom stereocenters. The smallest absolute Gasteiger partial charge is 0.240 e. The first kappa shape index (κ1) is 21.7. The second-order valence-electron chi connectivity index (χ2n) is 7.26. The van der Waals surface area contributed by atoms with Crippen LogP contribution in [-0.2, 0) is 14.8 Å². The standard InChI is InChI=1S/C19H32N4O3S/c1-17-8-4-5-9-18(17)23(27(3,25)26)16-19(24)20-10-6-7-11-22-14-12-21(2)13-15-22/h4-5,8-9H,6-7,10-16H2,1-3H3,(H,20,24). The minimum atomic E-state index is -3.53. The zero-order valence-electron chi connectivity index (χ0n) is 16.6. The molecule has 1 fully saturated rings. The number of nitrogens with zero attached hydrogens (tertiary/aromatic N) is 3. The van der Waals surface area contributed by atoms with Gasteiger partial charge in [-0.3, -0.25) is 9.10 Å². The van der Waals surface area contributed by atoms with E-state index in [1.54, 1.807) is 12.1 Å². The van der Waals surface area contributed by atoms with Crippen molar-refractivity contribution in [3.8, 4) is 0 Å². The summed E-state index contributed by atoms with van der Waals surface area (Å²) in [5, 5.41) is 2.85. The largest absolute Gasteiger partial charge is 0.355 e. The van der Waals surface area contributed by atoms with E-state index >= 15 is 0 Å². The number of unbranched alkanes of at least 4 members (excludes halogenated alkanes) is 1. The van der Waals surface area contributed by atoms with Gasteiger partial charge in [-0.1, -0.05) is 18.2 Å². The number of para-hydroxylation sites is 1. The fourth-order valence-electron chi connectivity index (χ4n) is 3.17. The highest BCUT2D eigenvalue weighted by Gasteiger charge is 2.22. The maximum atomic E-state index is 12.3. The predicted octanol–water partition coefficient (Wildman–Crippen LogP) is 0.905. The van der Waals surface area contributed by atoms with E-state index in [1.165, 1.54) is 4.31 Å². The van der Waals surface area contributed by atoms with Crippen molar-refractivity contribution in [1.82, 2.24) is 15.1 Å². The van der Waals surface area contributed by atoms with Crippen LogP contribution >= 0.6 is 0 Å². The molecule has 27 heavy (non-hydrogen) atoms. The Balaban J connectivity index is 1.75. The van der Waals surface area contributed by atoms with Crippen LogP contribution in [-0.4, -0.2) is 83.2 Å². The van der Waals surface area contributed by atoms with Gasteiger partial charge in [0.05, 0.1) is 11.9 Å². The Morgan fingerprint density at radius 2 is 1.81 bits per heavy atom. The summed E-state index contributed by atoms with van der Waals surface area (Å²) < 4.78 is 25.4. The Morgan fingerprint density at radius 3 is 2.44 bits per heavy atom. The third-order valence-corrected chi connectivity index (χ3v) is 6.02. The number of piperazine rings is 1. The second kappa shape index (κ2) is 10.1. The zero-order chi connectivity index (χ0) is 19.9. The van der Waals surface area contributed by atoms with Crippen molar-refractivity contribution < 1.29 is 13.2 Å². The van der Waals surface area contributed by atoms with E-state index in [-0.39, 0.29) is 12.5 Å². The summed E-state index contributed by atoms with van der Waals surface area (Å²) in [6, 6.07) is 7.18. The van der Waals surface area contributed by atoms with E-state index in [2.05, 4.69) is 22.2 Å². The zero-order valence-corrected chi connectivity index (χ0v) is 17.5. The SMILES string of the molecule is Cc1ccccc1N(CC(=O)NCCCCN1CCN(C)CC1)S(C)(=O)=O. The van der Waals surface area contributed by atoms with Crippen LogP contribution in [0.5, 0.6) is 0 Å². The van der Waals surface area contributed by atoms with Crippen LogP contribution in [0.25, 0.3) is 0 Å². The number of benzene rings is 1. The maximum Gasteiger partial charge on any atom is 0.240 e. The summed E-state index contributed by atoms with van der Waals surface area (Å²) in [7, 11) is -1.39. The van der Waals surface area contributed by atoms with Gasteiger partial charge >= 0.3 is 0 Å². The average molecular weight is 397 g/mol. The van der Waals surface area contributed by atoms with Crippen LogP contribution in [0.1, 0.15) is 18.4 Å². The molecular weight excluding hydrogens is 364 g/mol. The third-order valence-electron chi connectivity index (χ3n) is 4.89. The number of hydrogen-bond donors (Lipinski definition) is 1. The quantitative estimate of drug-likeness (QED) is 0.628. The van der Waals surface area contributed by atoms with Gasteiger partial charge in [-0.25, -0.2) is 8.42 Å². The normalized spacial score (nSPS) is 16.3. The summed E-state index contributed by atoms with van der Waals surface area (Å²) in [6.07, 6.45) is 3.04. The number of anilines is 1. The molecule has 152 valence electrons. The number of aryl methyl sites for hydroxylation is 1. The molecule has 7 nitrogen and oxygen atoms in total. The van der Waals surface area contributed by atoms with E-state index in [4.69, 9.17) is 0 Å². The molecule has 0 bridgehead atoms. The number of amides is 1. The molecule has 1 N–H and O–H groups in total. The van der Waals surface area contributed by atoms with E-state index in [1.807, 2.05) is 19.1 Å². The first-order valence-corrected chi connectivity index (χ1v) is 11.3. The molecule has 0 unspecified atom stereocenters. The summed E-state index contributed by atoms with van der Waals surface area (Å²) in [6.45, 7) is 7.67. The molecule has 1 saturated heterocycles. The topological polar surface area (TPSA) is 73.0 Å². The van der Waals surface area contributed by atoms with E-state index in [0.717, 1.165) is 57.4 Å². The van der Waals surface area contributed by atoms with Crippen LogP contribution < -0.4 is 9.62 Å². The molecule has 1 heterocycles. The molecule has 1 aromatic rings. The van der Waals surface area contributed by atoms with Crippen LogP contribution in [0.4, 0.5) is 5.69 Å². The van der Waals surface area contributed by atoms with Crippen LogP contribution in [0.2, 0.25) is 0 Å². The molecule has 0 aliphatic carbocycles. The molecular formula is C19H32N4O3S. The van der Waals surface area contributed by atoms with Crippen molar-refractivity contribution in [2.24, 2.45) is 0 Å². The van der Waals surface area contributed by atoms with E-state index < -0.39 is 10.0 Å². The van der Waals surface area contributed by atoms with Gasteiger partial charge in [-0.15, -0.1) is 0 Å². The van der Waals surface area contributed by atoms with Gasteiger partial charge in [0, 0.05) is 32.7 Å².